The summed E-state index contributed by atoms with van der Waals surface area (Å²) in [4.78, 5) is 7.64. The molecule has 0 radical (unpaired) electrons. The van der Waals surface area contributed by atoms with Gasteiger partial charge in [-0.2, -0.15) is 0 Å². The fourth-order valence-corrected chi connectivity index (χ4v) is 5.36. The summed E-state index contributed by atoms with van der Waals surface area (Å²) in [6, 6.07) is 47.3. The Morgan fingerprint density at radius 3 is 2.00 bits per heavy atom. The second kappa shape index (κ2) is 8.03. The van der Waals surface area contributed by atoms with Gasteiger partial charge in [0.1, 0.15) is 0 Å². The highest BCUT2D eigenvalue weighted by Crippen LogP contribution is 2.38. The Kier molecular flexibility index (Phi) is 4.56. The number of fused-ring (bicyclic) bond motifs is 7. The SMILES string of the molecule is c1ccc(B2c3ccccc3-c3ccccc3-n3c(nc4ccccc43)N2c2ccccc2)cc1. The van der Waals surface area contributed by atoms with Gasteiger partial charge in [0.2, 0.25) is 5.95 Å². The van der Waals surface area contributed by atoms with E-state index in [1.807, 2.05) is 0 Å². The van der Waals surface area contributed by atoms with Crippen molar-refractivity contribution in [2.75, 3.05) is 4.81 Å². The molecule has 0 aliphatic carbocycles. The first-order chi connectivity index (χ1) is 17.4. The van der Waals surface area contributed by atoms with Gasteiger partial charge in [-0.05, 0) is 41.4 Å². The molecular weight excluding hydrogens is 425 g/mol. The maximum absolute atomic E-state index is 5.25. The topological polar surface area (TPSA) is 21.1 Å². The minimum atomic E-state index is -0.0567. The summed E-state index contributed by atoms with van der Waals surface area (Å²) < 4.78 is 2.32. The number of hydrogen-bond donors (Lipinski definition) is 0. The molecule has 2 heterocycles. The minimum absolute atomic E-state index is 0.0567. The van der Waals surface area contributed by atoms with Crippen molar-refractivity contribution in [3.05, 3.63) is 133 Å². The summed E-state index contributed by atoms with van der Waals surface area (Å²) in [6.45, 7) is -0.0567. The highest BCUT2D eigenvalue weighted by Gasteiger charge is 2.37. The second-order valence-corrected chi connectivity index (χ2v) is 8.86. The van der Waals surface area contributed by atoms with E-state index in [1.165, 1.54) is 22.1 Å². The molecule has 0 amide bonds. The van der Waals surface area contributed by atoms with Crippen LogP contribution >= 0.6 is 0 Å². The molecule has 35 heavy (non-hydrogen) atoms. The van der Waals surface area contributed by atoms with Crippen LogP contribution in [0.15, 0.2) is 133 Å². The Labute approximate surface area is 205 Å². The summed E-state index contributed by atoms with van der Waals surface area (Å²) in [7, 11) is 0. The molecule has 0 fully saturated rings. The Balaban J connectivity index is 1.68. The largest absolute Gasteiger partial charge is 0.347 e. The van der Waals surface area contributed by atoms with Crippen molar-refractivity contribution in [2.45, 2.75) is 0 Å². The quantitative estimate of drug-likeness (QED) is 0.306. The molecule has 0 unspecified atom stereocenters. The number of anilines is 2. The molecule has 6 aromatic rings. The zero-order valence-electron chi connectivity index (χ0n) is 19.1. The van der Waals surface area contributed by atoms with E-state index in [0.29, 0.717) is 0 Å². The molecule has 3 nitrogen and oxygen atoms in total. The van der Waals surface area contributed by atoms with E-state index in [-0.39, 0.29) is 6.85 Å². The third-order valence-corrected chi connectivity index (χ3v) is 6.86. The van der Waals surface area contributed by atoms with Crippen LogP contribution in [0.2, 0.25) is 0 Å². The normalized spacial score (nSPS) is 12.5. The number of nitrogens with zero attached hydrogens (tertiary/aromatic N) is 3. The molecule has 4 heteroatoms. The fourth-order valence-electron chi connectivity index (χ4n) is 5.36. The molecule has 0 saturated carbocycles. The van der Waals surface area contributed by atoms with Crippen LogP contribution in [0.5, 0.6) is 0 Å². The van der Waals surface area contributed by atoms with Gasteiger partial charge in [0, 0.05) is 11.3 Å². The maximum atomic E-state index is 5.25. The van der Waals surface area contributed by atoms with Crippen LogP contribution in [0.25, 0.3) is 27.8 Å². The Bertz CT molecular complexity index is 1660. The van der Waals surface area contributed by atoms with E-state index in [9.17, 15) is 0 Å². The summed E-state index contributed by atoms with van der Waals surface area (Å²) in [5, 5.41) is 0. The van der Waals surface area contributed by atoms with Crippen molar-refractivity contribution >= 4 is 40.4 Å². The summed E-state index contributed by atoms with van der Waals surface area (Å²) in [5.41, 5.74) is 9.25. The standard InChI is InChI=1S/C31H22BN3/c1-3-13-23(14-4-1)32-27-19-9-7-17-25(27)26-18-8-11-21-29(26)34-30-22-12-10-20-28(30)33-31(34)35(32)24-15-5-2-6-16-24/h1-22H. The van der Waals surface area contributed by atoms with Crippen molar-refractivity contribution < 1.29 is 0 Å². The van der Waals surface area contributed by atoms with Gasteiger partial charge in [-0.3, -0.25) is 4.57 Å². The predicted molar refractivity (Wildman–Crippen MR) is 147 cm³/mol. The lowest BCUT2D eigenvalue weighted by Gasteiger charge is -2.35. The lowest BCUT2D eigenvalue weighted by molar-refractivity contribution is 1.06. The van der Waals surface area contributed by atoms with Crippen LogP contribution in [0, 0.1) is 0 Å². The van der Waals surface area contributed by atoms with Gasteiger partial charge in [-0.25, -0.2) is 4.98 Å². The molecule has 164 valence electrons. The van der Waals surface area contributed by atoms with Gasteiger partial charge in [0.15, 0.2) is 0 Å². The van der Waals surface area contributed by atoms with Gasteiger partial charge < -0.3 is 4.81 Å². The third-order valence-electron chi connectivity index (χ3n) is 6.86. The Hall–Kier alpha value is -4.57. The van der Waals surface area contributed by atoms with Crippen molar-refractivity contribution in [3.8, 4) is 16.8 Å². The number of aromatic nitrogens is 2. The van der Waals surface area contributed by atoms with Crippen LogP contribution in [-0.2, 0) is 0 Å². The van der Waals surface area contributed by atoms with Crippen LogP contribution in [0.1, 0.15) is 0 Å². The molecule has 1 aliphatic heterocycles. The summed E-state index contributed by atoms with van der Waals surface area (Å²) in [6.07, 6.45) is 0. The van der Waals surface area contributed by atoms with Crippen molar-refractivity contribution in [1.29, 1.82) is 0 Å². The average Bonchev–Trinajstić information content (AvgIpc) is 3.30. The Morgan fingerprint density at radius 2 is 1.17 bits per heavy atom. The molecule has 5 aromatic carbocycles. The van der Waals surface area contributed by atoms with E-state index in [4.69, 9.17) is 4.98 Å². The Morgan fingerprint density at radius 1 is 0.543 bits per heavy atom. The first-order valence-electron chi connectivity index (χ1n) is 12.0. The molecule has 0 N–H and O–H groups in total. The zero-order valence-corrected chi connectivity index (χ0v) is 19.1. The second-order valence-electron chi connectivity index (χ2n) is 8.86. The number of benzene rings is 5. The van der Waals surface area contributed by atoms with Gasteiger partial charge >= 0.3 is 6.85 Å². The monoisotopic (exact) mass is 447 g/mol. The number of imidazole rings is 1. The van der Waals surface area contributed by atoms with E-state index in [1.54, 1.807) is 0 Å². The van der Waals surface area contributed by atoms with E-state index < -0.39 is 0 Å². The molecule has 1 aromatic heterocycles. The van der Waals surface area contributed by atoms with E-state index in [0.717, 1.165) is 28.4 Å². The first-order valence-corrected chi connectivity index (χ1v) is 12.0. The average molecular weight is 447 g/mol. The maximum Gasteiger partial charge on any atom is 0.331 e. The fraction of sp³-hybridized carbons (Fsp3) is 0. The number of para-hydroxylation sites is 4. The van der Waals surface area contributed by atoms with E-state index >= 15 is 0 Å². The van der Waals surface area contributed by atoms with Crippen LogP contribution < -0.4 is 15.7 Å². The van der Waals surface area contributed by atoms with Crippen LogP contribution in [0.4, 0.5) is 11.6 Å². The van der Waals surface area contributed by atoms with Crippen molar-refractivity contribution in [1.82, 2.24) is 9.55 Å². The molecule has 1 aliphatic rings. The van der Waals surface area contributed by atoms with Gasteiger partial charge in [-0.15, -0.1) is 0 Å². The molecule has 0 spiro atoms. The molecule has 0 bridgehead atoms. The van der Waals surface area contributed by atoms with Gasteiger partial charge in [-0.1, -0.05) is 109 Å². The van der Waals surface area contributed by atoms with Crippen molar-refractivity contribution in [2.24, 2.45) is 0 Å². The van der Waals surface area contributed by atoms with Gasteiger partial charge in [0.05, 0.1) is 16.7 Å². The summed E-state index contributed by atoms with van der Waals surface area (Å²) in [5.74, 6) is 0.910. The molecule has 0 atom stereocenters. The molecular formula is C31H22BN3. The zero-order chi connectivity index (χ0) is 23.2. The first kappa shape index (κ1) is 19.9. The van der Waals surface area contributed by atoms with Crippen LogP contribution in [-0.4, -0.2) is 16.4 Å². The van der Waals surface area contributed by atoms with E-state index in [2.05, 4.69) is 143 Å². The lowest BCUT2D eigenvalue weighted by atomic mass is 9.47. The number of hydrogen-bond acceptors (Lipinski definition) is 2. The highest BCUT2D eigenvalue weighted by molar-refractivity contribution is 6.90. The third kappa shape index (κ3) is 3.11. The van der Waals surface area contributed by atoms with Gasteiger partial charge in [0.25, 0.3) is 0 Å². The molecule has 7 rings (SSSR count). The highest BCUT2D eigenvalue weighted by atomic mass is 15.3. The molecule has 0 saturated heterocycles. The summed E-state index contributed by atoms with van der Waals surface area (Å²) >= 11 is 0. The van der Waals surface area contributed by atoms with Crippen LogP contribution in [0.3, 0.4) is 0 Å². The smallest absolute Gasteiger partial charge is 0.331 e. The predicted octanol–water partition coefficient (Wildman–Crippen LogP) is 5.95. The lowest BCUT2D eigenvalue weighted by Crippen LogP contribution is -2.56. The number of rotatable bonds is 2. The minimum Gasteiger partial charge on any atom is -0.347 e. The van der Waals surface area contributed by atoms with Crippen molar-refractivity contribution in [3.63, 3.8) is 0 Å².